The molecule has 0 unspecified atom stereocenters. The zero-order valence-corrected chi connectivity index (χ0v) is 12.3. The molecule has 5 nitrogen and oxygen atoms in total. The summed E-state index contributed by atoms with van der Waals surface area (Å²) in [7, 11) is 0. The molecule has 0 atom stereocenters. The van der Waals surface area contributed by atoms with Gasteiger partial charge in [-0.05, 0) is 39.8 Å². The van der Waals surface area contributed by atoms with Crippen LogP contribution in [0.2, 0.25) is 0 Å². The van der Waals surface area contributed by atoms with Crippen LogP contribution in [0, 0.1) is 6.92 Å². The lowest BCUT2D eigenvalue weighted by molar-refractivity contribution is 0.464. The molecule has 0 fully saturated rings. The number of nitrogen functional groups attached to an aromatic ring is 1. The van der Waals surface area contributed by atoms with Crippen LogP contribution in [0.15, 0.2) is 30.6 Å². The Kier molecular flexibility index (Phi) is 3.79. The molecule has 106 valence electrons. The monoisotopic (exact) mass is 272 g/mol. The molecule has 0 aliphatic rings. The molecule has 5 heteroatoms. The minimum Gasteiger partial charge on any atom is -0.437 e. The first-order chi connectivity index (χ1) is 9.35. The van der Waals surface area contributed by atoms with E-state index in [-0.39, 0.29) is 5.54 Å². The molecular weight excluding hydrogens is 252 g/mol. The zero-order valence-electron chi connectivity index (χ0n) is 12.3. The maximum absolute atomic E-state index is 6.06. The quantitative estimate of drug-likeness (QED) is 0.896. The van der Waals surface area contributed by atoms with Gasteiger partial charge in [0.1, 0.15) is 17.8 Å². The molecule has 0 bridgehead atoms. The van der Waals surface area contributed by atoms with Crippen LogP contribution in [-0.4, -0.2) is 15.5 Å². The lowest BCUT2D eigenvalue weighted by atomic mass is 10.1. The molecule has 0 aliphatic carbocycles. The highest BCUT2D eigenvalue weighted by molar-refractivity contribution is 5.67. The van der Waals surface area contributed by atoms with Crippen molar-refractivity contribution in [2.45, 2.75) is 33.2 Å². The van der Waals surface area contributed by atoms with Gasteiger partial charge in [-0.2, -0.15) is 4.98 Å². The molecule has 0 spiro atoms. The fourth-order valence-electron chi connectivity index (χ4n) is 1.63. The number of aromatic nitrogens is 2. The van der Waals surface area contributed by atoms with E-state index in [9.17, 15) is 0 Å². The van der Waals surface area contributed by atoms with Crippen LogP contribution in [0.5, 0.6) is 11.6 Å². The lowest BCUT2D eigenvalue weighted by Gasteiger charge is -2.22. The maximum atomic E-state index is 6.06. The number of nitrogens with one attached hydrogen (secondary N) is 1. The summed E-state index contributed by atoms with van der Waals surface area (Å²) in [6, 6.07) is 7.71. The van der Waals surface area contributed by atoms with Gasteiger partial charge >= 0.3 is 0 Å². The van der Waals surface area contributed by atoms with E-state index in [0.717, 1.165) is 0 Å². The van der Waals surface area contributed by atoms with Gasteiger partial charge in [-0.25, -0.2) is 4.98 Å². The first-order valence-corrected chi connectivity index (χ1v) is 6.48. The van der Waals surface area contributed by atoms with Crippen molar-refractivity contribution in [3.8, 4) is 11.6 Å². The number of benzene rings is 1. The van der Waals surface area contributed by atoms with Crippen LogP contribution in [0.25, 0.3) is 0 Å². The van der Waals surface area contributed by atoms with E-state index in [4.69, 9.17) is 10.5 Å². The second-order valence-corrected chi connectivity index (χ2v) is 5.73. The average Bonchev–Trinajstić information content (AvgIpc) is 2.35. The molecule has 2 aromatic rings. The van der Waals surface area contributed by atoms with Gasteiger partial charge in [0.2, 0.25) is 5.88 Å². The molecule has 20 heavy (non-hydrogen) atoms. The molecule has 0 aliphatic heterocycles. The minimum atomic E-state index is -0.135. The fourth-order valence-corrected chi connectivity index (χ4v) is 1.63. The van der Waals surface area contributed by atoms with E-state index in [0.29, 0.717) is 23.1 Å². The van der Waals surface area contributed by atoms with Crippen molar-refractivity contribution < 1.29 is 4.74 Å². The third-order valence-electron chi connectivity index (χ3n) is 2.58. The summed E-state index contributed by atoms with van der Waals surface area (Å²) < 4.78 is 5.70. The van der Waals surface area contributed by atoms with Crippen molar-refractivity contribution >= 4 is 11.5 Å². The standard InChI is InChI=1S/C15H20N4O/c1-10-5-7-11(8-6-10)20-14-12(16)13(17-9-18-14)19-15(2,3)4/h5-9H,16H2,1-4H3,(H,17,18,19). The highest BCUT2D eigenvalue weighted by Crippen LogP contribution is 2.30. The summed E-state index contributed by atoms with van der Waals surface area (Å²) in [5, 5.41) is 3.23. The van der Waals surface area contributed by atoms with E-state index >= 15 is 0 Å². The Morgan fingerprint density at radius 1 is 1.10 bits per heavy atom. The summed E-state index contributed by atoms with van der Waals surface area (Å²) in [6.45, 7) is 8.13. The van der Waals surface area contributed by atoms with E-state index in [2.05, 4.69) is 15.3 Å². The third-order valence-corrected chi connectivity index (χ3v) is 2.58. The number of nitrogens with two attached hydrogens (primary N) is 1. The van der Waals surface area contributed by atoms with Gasteiger partial charge < -0.3 is 15.8 Å². The normalized spacial score (nSPS) is 11.2. The molecule has 1 heterocycles. The lowest BCUT2D eigenvalue weighted by Crippen LogP contribution is -2.27. The van der Waals surface area contributed by atoms with Crippen LogP contribution in [0.4, 0.5) is 11.5 Å². The Morgan fingerprint density at radius 3 is 2.35 bits per heavy atom. The maximum Gasteiger partial charge on any atom is 0.248 e. The van der Waals surface area contributed by atoms with Crippen LogP contribution < -0.4 is 15.8 Å². The van der Waals surface area contributed by atoms with Gasteiger partial charge in [0, 0.05) is 5.54 Å². The van der Waals surface area contributed by atoms with Crippen LogP contribution in [0.1, 0.15) is 26.3 Å². The van der Waals surface area contributed by atoms with Crippen molar-refractivity contribution in [3.05, 3.63) is 36.2 Å². The molecule has 0 amide bonds. The van der Waals surface area contributed by atoms with Crippen LogP contribution >= 0.6 is 0 Å². The van der Waals surface area contributed by atoms with Gasteiger partial charge in [-0.3, -0.25) is 0 Å². The number of ether oxygens (including phenoxy) is 1. The smallest absolute Gasteiger partial charge is 0.248 e. The Bertz CT molecular complexity index is 588. The van der Waals surface area contributed by atoms with Gasteiger partial charge in [0.15, 0.2) is 5.82 Å². The Hall–Kier alpha value is -2.30. The second kappa shape index (κ2) is 5.36. The molecule has 0 radical (unpaired) electrons. The molecule has 1 aromatic carbocycles. The molecule has 3 N–H and O–H groups in total. The van der Waals surface area contributed by atoms with Gasteiger partial charge in [-0.1, -0.05) is 17.7 Å². The summed E-state index contributed by atoms with van der Waals surface area (Å²) >= 11 is 0. The minimum absolute atomic E-state index is 0.135. The molecular formula is C15H20N4O. The predicted octanol–water partition coefficient (Wildman–Crippen LogP) is 3.37. The zero-order chi connectivity index (χ0) is 14.8. The number of rotatable bonds is 3. The number of hydrogen-bond acceptors (Lipinski definition) is 5. The molecule has 1 aromatic heterocycles. The summed E-state index contributed by atoms with van der Waals surface area (Å²) in [6.07, 6.45) is 1.44. The average molecular weight is 272 g/mol. The van der Waals surface area contributed by atoms with Crippen LogP contribution in [0.3, 0.4) is 0 Å². The number of nitrogens with zero attached hydrogens (tertiary/aromatic N) is 2. The number of hydrogen-bond donors (Lipinski definition) is 2. The van der Waals surface area contributed by atoms with Gasteiger partial charge in [0.05, 0.1) is 0 Å². The fraction of sp³-hybridized carbons (Fsp3) is 0.333. The highest BCUT2D eigenvalue weighted by Gasteiger charge is 2.16. The van der Waals surface area contributed by atoms with Crippen molar-refractivity contribution in [1.82, 2.24) is 9.97 Å². The topological polar surface area (TPSA) is 73.1 Å². The Balaban J connectivity index is 2.24. The number of anilines is 2. The van der Waals surface area contributed by atoms with Gasteiger partial charge in [-0.15, -0.1) is 0 Å². The van der Waals surface area contributed by atoms with Crippen LogP contribution in [-0.2, 0) is 0 Å². The largest absolute Gasteiger partial charge is 0.437 e. The van der Waals surface area contributed by atoms with Crippen molar-refractivity contribution in [1.29, 1.82) is 0 Å². The van der Waals surface area contributed by atoms with Gasteiger partial charge in [0.25, 0.3) is 0 Å². The van der Waals surface area contributed by atoms with E-state index in [1.54, 1.807) is 0 Å². The third kappa shape index (κ3) is 3.60. The van der Waals surface area contributed by atoms with Crippen molar-refractivity contribution in [2.24, 2.45) is 0 Å². The molecule has 0 saturated carbocycles. The summed E-state index contributed by atoms with van der Waals surface area (Å²) in [5.41, 5.74) is 7.50. The SMILES string of the molecule is Cc1ccc(Oc2ncnc(NC(C)(C)C)c2N)cc1. The number of aryl methyl sites for hydroxylation is 1. The highest BCUT2D eigenvalue weighted by atomic mass is 16.5. The van der Waals surface area contributed by atoms with E-state index < -0.39 is 0 Å². The Morgan fingerprint density at radius 2 is 1.75 bits per heavy atom. The predicted molar refractivity (Wildman–Crippen MR) is 81.1 cm³/mol. The first-order valence-electron chi connectivity index (χ1n) is 6.48. The van der Waals surface area contributed by atoms with E-state index in [1.165, 1.54) is 11.9 Å². The molecule has 2 rings (SSSR count). The van der Waals surface area contributed by atoms with Crippen molar-refractivity contribution in [3.63, 3.8) is 0 Å². The second-order valence-electron chi connectivity index (χ2n) is 5.73. The Labute approximate surface area is 119 Å². The van der Waals surface area contributed by atoms with Crippen molar-refractivity contribution in [2.75, 3.05) is 11.1 Å². The molecule has 0 saturated heterocycles. The van der Waals surface area contributed by atoms with E-state index in [1.807, 2.05) is 52.0 Å². The summed E-state index contributed by atoms with van der Waals surface area (Å²) in [4.78, 5) is 8.24. The summed E-state index contributed by atoms with van der Waals surface area (Å²) in [5.74, 6) is 1.63. The first kappa shape index (κ1) is 14.1.